The Labute approximate surface area is 97.4 Å². The lowest BCUT2D eigenvalue weighted by Gasteiger charge is -2.14. The maximum Gasteiger partial charge on any atom is 0.122 e. The Morgan fingerprint density at radius 3 is 2.33 bits per heavy atom. The van der Waals surface area contributed by atoms with E-state index in [9.17, 15) is 0 Å². The number of aliphatic hydroxyl groups excluding tert-OH is 1. The van der Waals surface area contributed by atoms with Crippen LogP contribution in [0.25, 0.3) is 0 Å². The number of hydrogen-bond donors (Lipinski definition) is 1. The maximum atomic E-state index is 8.86. The van der Waals surface area contributed by atoms with E-state index in [-0.39, 0.29) is 6.61 Å². The molecule has 0 rings (SSSR count). The molecule has 0 radical (unpaired) electrons. The van der Waals surface area contributed by atoms with E-state index in [4.69, 9.17) is 16.7 Å². The summed E-state index contributed by atoms with van der Waals surface area (Å²) in [4.78, 5) is 4.11. The minimum absolute atomic E-state index is 0.212. The minimum atomic E-state index is 0.212. The molecule has 86 valence electrons. The van der Waals surface area contributed by atoms with Crippen molar-refractivity contribution in [2.45, 2.75) is 34.1 Å². The second-order valence-corrected chi connectivity index (χ2v) is 4.23. The first-order valence-corrected chi connectivity index (χ1v) is 5.46. The van der Waals surface area contributed by atoms with E-state index in [0.717, 1.165) is 17.7 Å². The van der Waals surface area contributed by atoms with E-state index < -0.39 is 0 Å². The van der Waals surface area contributed by atoms with Crippen molar-refractivity contribution < 1.29 is 5.11 Å². The molecule has 2 nitrogen and oxygen atoms in total. The third-order valence-electron chi connectivity index (χ3n) is 2.72. The number of aliphatic imine (C=N–C) groups is 1. The largest absolute Gasteiger partial charge is 0.396 e. The van der Waals surface area contributed by atoms with Crippen LogP contribution in [0.3, 0.4) is 0 Å². The Hall–Kier alpha value is -0.600. The zero-order valence-electron chi connectivity index (χ0n) is 9.97. The predicted molar refractivity (Wildman–Crippen MR) is 67.3 cm³/mol. The molecular formula is C12H20ClNO. The van der Waals surface area contributed by atoms with Gasteiger partial charge in [-0.2, -0.15) is 0 Å². The Bertz CT molecular complexity index is 292. The molecule has 1 atom stereocenters. The van der Waals surface area contributed by atoms with Crippen molar-refractivity contribution in [3.05, 3.63) is 22.9 Å². The zero-order chi connectivity index (χ0) is 12.0. The molecule has 0 aromatic rings. The Morgan fingerprint density at radius 1 is 1.40 bits per heavy atom. The fourth-order valence-electron chi connectivity index (χ4n) is 1.33. The van der Waals surface area contributed by atoms with Gasteiger partial charge in [0.2, 0.25) is 0 Å². The summed E-state index contributed by atoms with van der Waals surface area (Å²) in [5, 5.41) is 9.16. The van der Waals surface area contributed by atoms with Gasteiger partial charge in [-0.15, -0.1) is 0 Å². The summed E-state index contributed by atoms with van der Waals surface area (Å²) < 4.78 is 0. The Kier molecular flexibility index (Phi) is 6.53. The van der Waals surface area contributed by atoms with E-state index >= 15 is 0 Å². The Morgan fingerprint density at radius 2 is 1.93 bits per heavy atom. The van der Waals surface area contributed by atoms with Crippen molar-refractivity contribution in [3.8, 4) is 0 Å². The van der Waals surface area contributed by atoms with Crippen LogP contribution in [0.1, 0.15) is 34.1 Å². The van der Waals surface area contributed by atoms with E-state index in [1.165, 1.54) is 5.57 Å². The number of halogens is 1. The zero-order valence-corrected chi connectivity index (χ0v) is 10.7. The fraction of sp³-hybridized carbons (Fsp3) is 0.583. The third-order valence-corrected chi connectivity index (χ3v) is 2.81. The quantitative estimate of drug-likeness (QED) is 0.568. The first kappa shape index (κ1) is 14.4. The van der Waals surface area contributed by atoms with Crippen LogP contribution in [-0.2, 0) is 0 Å². The molecule has 0 heterocycles. The topological polar surface area (TPSA) is 32.6 Å². The van der Waals surface area contributed by atoms with Gasteiger partial charge >= 0.3 is 0 Å². The summed E-state index contributed by atoms with van der Waals surface area (Å²) >= 11 is 5.62. The molecule has 0 bridgehead atoms. The third kappa shape index (κ3) is 5.14. The van der Waals surface area contributed by atoms with Crippen LogP contribution in [0.15, 0.2) is 27.9 Å². The van der Waals surface area contributed by atoms with Gasteiger partial charge in [0.1, 0.15) is 5.16 Å². The molecule has 0 saturated heterocycles. The summed E-state index contributed by atoms with van der Waals surface area (Å²) in [5.41, 5.74) is 3.25. The average Bonchev–Trinajstić information content (AvgIpc) is 2.14. The van der Waals surface area contributed by atoms with Crippen molar-refractivity contribution in [1.82, 2.24) is 0 Å². The molecule has 1 unspecified atom stereocenters. The Balaban J connectivity index is 4.84. The molecule has 0 aromatic carbocycles. The highest BCUT2D eigenvalue weighted by atomic mass is 35.5. The molecule has 15 heavy (non-hydrogen) atoms. The van der Waals surface area contributed by atoms with Crippen LogP contribution in [0.5, 0.6) is 0 Å². The first-order chi connectivity index (χ1) is 6.90. The van der Waals surface area contributed by atoms with Gasteiger partial charge in [0.15, 0.2) is 0 Å². The number of hydrogen-bond acceptors (Lipinski definition) is 2. The van der Waals surface area contributed by atoms with Gasteiger partial charge in [0, 0.05) is 12.3 Å². The number of aliphatic hydroxyl groups is 1. The van der Waals surface area contributed by atoms with Gasteiger partial charge in [0.05, 0.1) is 0 Å². The fourth-order valence-corrected chi connectivity index (χ4v) is 1.46. The predicted octanol–water partition coefficient (Wildman–Crippen LogP) is 3.51. The van der Waals surface area contributed by atoms with Crippen LogP contribution >= 0.6 is 11.6 Å². The van der Waals surface area contributed by atoms with Crippen LogP contribution in [0.2, 0.25) is 0 Å². The standard InChI is InChI=1S/C12H20ClNO/c1-8(6-7-15)9(2)10(3)11(4)14-12(5)13/h8,15H,5-7H2,1-4H3/b10-9+,14-11+. The van der Waals surface area contributed by atoms with Crippen molar-refractivity contribution in [1.29, 1.82) is 0 Å². The second kappa shape index (κ2) is 6.81. The smallest absolute Gasteiger partial charge is 0.122 e. The highest BCUT2D eigenvalue weighted by Gasteiger charge is 2.08. The molecule has 0 aromatic heterocycles. The summed E-state index contributed by atoms with van der Waals surface area (Å²) in [6.45, 7) is 11.8. The first-order valence-electron chi connectivity index (χ1n) is 5.08. The summed E-state index contributed by atoms with van der Waals surface area (Å²) in [6, 6.07) is 0. The van der Waals surface area contributed by atoms with Gasteiger partial charge in [-0.25, -0.2) is 4.99 Å². The molecule has 3 heteroatoms. The van der Waals surface area contributed by atoms with E-state index in [2.05, 4.69) is 25.4 Å². The van der Waals surface area contributed by atoms with Crippen molar-refractivity contribution >= 4 is 17.3 Å². The number of nitrogens with zero attached hydrogens (tertiary/aromatic N) is 1. The lowest BCUT2D eigenvalue weighted by molar-refractivity contribution is 0.271. The van der Waals surface area contributed by atoms with E-state index in [1.807, 2.05) is 13.8 Å². The van der Waals surface area contributed by atoms with Crippen LogP contribution in [0, 0.1) is 5.92 Å². The minimum Gasteiger partial charge on any atom is -0.396 e. The van der Waals surface area contributed by atoms with Crippen molar-refractivity contribution in [2.75, 3.05) is 6.61 Å². The molecule has 0 amide bonds. The molecule has 0 aliphatic rings. The van der Waals surface area contributed by atoms with Gasteiger partial charge < -0.3 is 5.11 Å². The molecule has 1 N–H and O–H groups in total. The van der Waals surface area contributed by atoms with Crippen LogP contribution < -0.4 is 0 Å². The lowest BCUT2D eigenvalue weighted by atomic mass is 9.93. The normalized spacial score (nSPS) is 16.0. The maximum absolute atomic E-state index is 8.86. The lowest BCUT2D eigenvalue weighted by Crippen LogP contribution is -2.06. The highest BCUT2D eigenvalue weighted by Crippen LogP contribution is 2.19. The average molecular weight is 230 g/mol. The van der Waals surface area contributed by atoms with Crippen LogP contribution in [0.4, 0.5) is 0 Å². The molecule has 0 aliphatic carbocycles. The van der Waals surface area contributed by atoms with Gasteiger partial charge in [0.25, 0.3) is 0 Å². The van der Waals surface area contributed by atoms with Gasteiger partial charge in [-0.1, -0.05) is 30.7 Å². The molecule has 0 fully saturated rings. The number of allylic oxidation sites excluding steroid dienone is 2. The molecule has 0 aliphatic heterocycles. The highest BCUT2D eigenvalue weighted by molar-refractivity contribution is 6.30. The SMILES string of the molecule is C=C(Cl)/N=C(C)/C(C)=C(\C)C(C)CCO. The van der Waals surface area contributed by atoms with E-state index in [0.29, 0.717) is 11.1 Å². The monoisotopic (exact) mass is 229 g/mol. The van der Waals surface area contributed by atoms with Gasteiger partial charge in [-0.05, 0) is 38.7 Å². The summed E-state index contributed by atoms with van der Waals surface area (Å²) in [6.07, 6.45) is 0.776. The molecule has 0 saturated carbocycles. The summed E-state index contributed by atoms with van der Waals surface area (Å²) in [5.74, 6) is 0.365. The summed E-state index contributed by atoms with van der Waals surface area (Å²) in [7, 11) is 0. The molecule has 0 spiro atoms. The van der Waals surface area contributed by atoms with E-state index in [1.54, 1.807) is 0 Å². The second-order valence-electron chi connectivity index (χ2n) is 3.79. The van der Waals surface area contributed by atoms with Crippen LogP contribution in [-0.4, -0.2) is 17.4 Å². The molecular weight excluding hydrogens is 210 g/mol. The van der Waals surface area contributed by atoms with Crippen molar-refractivity contribution in [2.24, 2.45) is 10.9 Å². The van der Waals surface area contributed by atoms with Crippen molar-refractivity contribution in [3.63, 3.8) is 0 Å². The van der Waals surface area contributed by atoms with Gasteiger partial charge in [-0.3, -0.25) is 0 Å². The number of rotatable bonds is 5.